The Morgan fingerprint density at radius 2 is 1.93 bits per heavy atom. The molecule has 84 valence electrons. The second-order valence-corrected chi connectivity index (χ2v) is 4.47. The molecule has 0 saturated carbocycles. The molecular weight excluding hydrogens is 198 g/mol. The van der Waals surface area contributed by atoms with Gasteiger partial charge in [0.25, 0.3) is 0 Å². The summed E-state index contributed by atoms with van der Waals surface area (Å²) in [6.07, 6.45) is 1.70. The molecule has 1 unspecified atom stereocenters. The van der Waals surface area contributed by atoms with Crippen molar-refractivity contribution in [3.63, 3.8) is 0 Å². The molecule has 0 radical (unpaired) electrons. The normalized spacial score (nSPS) is 13.0. The Labute approximate surface area is 92.6 Å². The third-order valence-corrected chi connectivity index (χ3v) is 2.66. The summed E-state index contributed by atoms with van der Waals surface area (Å²) in [5.41, 5.74) is 0. The minimum absolute atomic E-state index is 0.231. The second-order valence-electron chi connectivity index (χ2n) is 4.09. The van der Waals surface area contributed by atoms with Gasteiger partial charge in [0.05, 0.1) is 0 Å². The number of halogens is 1. The van der Waals surface area contributed by atoms with E-state index in [1.165, 1.54) is 0 Å². The van der Waals surface area contributed by atoms with Crippen molar-refractivity contribution < 1.29 is 4.79 Å². The fourth-order valence-corrected chi connectivity index (χ4v) is 1.50. The van der Waals surface area contributed by atoms with Gasteiger partial charge < -0.3 is 4.90 Å². The van der Waals surface area contributed by atoms with E-state index in [-0.39, 0.29) is 11.9 Å². The van der Waals surface area contributed by atoms with E-state index in [0.717, 1.165) is 6.42 Å². The molecule has 0 aromatic heterocycles. The number of nitrogens with zero attached hydrogens (tertiary/aromatic N) is 1. The Balaban J connectivity index is 4.15. The molecule has 0 rings (SSSR count). The van der Waals surface area contributed by atoms with E-state index < -0.39 is 0 Å². The van der Waals surface area contributed by atoms with Crippen molar-refractivity contribution in [2.75, 3.05) is 12.4 Å². The van der Waals surface area contributed by atoms with Crippen LogP contribution in [-0.2, 0) is 4.79 Å². The third kappa shape index (κ3) is 4.85. The predicted molar refractivity (Wildman–Crippen MR) is 61.6 cm³/mol. The molecule has 0 aromatic carbocycles. The molecule has 1 atom stereocenters. The number of carbonyl (C=O) groups is 1. The summed E-state index contributed by atoms with van der Waals surface area (Å²) in [5, 5.41) is 0. The summed E-state index contributed by atoms with van der Waals surface area (Å²) in [5.74, 6) is 1.22. The van der Waals surface area contributed by atoms with Crippen LogP contribution < -0.4 is 0 Å². The highest BCUT2D eigenvalue weighted by Gasteiger charge is 2.17. The molecule has 0 N–H and O–H groups in total. The summed E-state index contributed by atoms with van der Waals surface area (Å²) in [6.45, 7) is 8.94. The summed E-state index contributed by atoms with van der Waals surface area (Å²) >= 11 is 5.66. The number of amides is 1. The maximum Gasteiger partial charge on any atom is 0.223 e. The first-order valence-electron chi connectivity index (χ1n) is 5.38. The zero-order valence-corrected chi connectivity index (χ0v) is 10.5. The number of alkyl halides is 1. The van der Waals surface area contributed by atoms with E-state index in [1.807, 2.05) is 18.7 Å². The monoisotopic (exact) mass is 219 g/mol. The van der Waals surface area contributed by atoms with Crippen molar-refractivity contribution >= 4 is 17.5 Å². The maximum absolute atomic E-state index is 11.8. The van der Waals surface area contributed by atoms with Gasteiger partial charge >= 0.3 is 0 Å². The Bertz CT molecular complexity index is 171. The van der Waals surface area contributed by atoms with Crippen LogP contribution in [0.15, 0.2) is 0 Å². The molecule has 1 amide bonds. The first-order chi connectivity index (χ1) is 6.52. The van der Waals surface area contributed by atoms with Gasteiger partial charge in [0.1, 0.15) is 0 Å². The molecule has 2 nitrogen and oxygen atoms in total. The molecule has 0 aliphatic carbocycles. The Morgan fingerprint density at radius 1 is 1.36 bits per heavy atom. The lowest BCUT2D eigenvalue weighted by Gasteiger charge is -2.27. The molecule has 0 fully saturated rings. The Kier molecular flexibility index (Phi) is 6.98. The van der Waals surface area contributed by atoms with E-state index >= 15 is 0 Å². The fraction of sp³-hybridized carbons (Fsp3) is 0.909. The van der Waals surface area contributed by atoms with Crippen molar-refractivity contribution in [2.45, 2.75) is 46.6 Å². The highest BCUT2D eigenvalue weighted by atomic mass is 35.5. The van der Waals surface area contributed by atoms with E-state index in [0.29, 0.717) is 24.8 Å². The molecule has 0 aliphatic heterocycles. The predicted octanol–water partition coefficient (Wildman–Crippen LogP) is 2.90. The van der Waals surface area contributed by atoms with Crippen LogP contribution in [0.5, 0.6) is 0 Å². The summed E-state index contributed by atoms with van der Waals surface area (Å²) in [4.78, 5) is 13.7. The summed E-state index contributed by atoms with van der Waals surface area (Å²) in [6, 6.07) is 0.255. The first kappa shape index (κ1) is 13.8. The lowest BCUT2D eigenvalue weighted by atomic mass is 10.0. The maximum atomic E-state index is 11.8. The number of hydrogen-bond donors (Lipinski definition) is 0. The Morgan fingerprint density at radius 3 is 2.29 bits per heavy atom. The number of rotatable bonds is 6. The van der Waals surface area contributed by atoms with Crippen LogP contribution in [0.2, 0.25) is 0 Å². The standard InChI is InChI=1S/C11H22ClNO/c1-5-10(4)8-11(14)13(7-6-12)9(2)3/h9-10H,5-8H2,1-4H3. The largest absolute Gasteiger partial charge is 0.339 e. The van der Waals surface area contributed by atoms with Gasteiger partial charge in [-0.15, -0.1) is 11.6 Å². The SMILES string of the molecule is CCC(C)CC(=O)N(CCCl)C(C)C. The third-order valence-electron chi connectivity index (χ3n) is 2.49. The molecule has 0 aromatic rings. The molecular formula is C11H22ClNO. The van der Waals surface area contributed by atoms with Crippen molar-refractivity contribution in [3.8, 4) is 0 Å². The smallest absolute Gasteiger partial charge is 0.223 e. The van der Waals surface area contributed by atoms with Crippen LogP contribution in [-0.4, -0.2) is 29.3 Å². The van der Waals surface area contributed by atoms with Crippen LogP contribution in [0.25, 0.3) is 0 Å². The van der Waals surface area contributed by atoms with Gasteiger partial charge in [-0.25, -0.2) is 0 Å². The molecule has 3 heteroatoms. The van der Waals surface area contributed by atoms with E-state index in [2.05, 4.69) is 13.8 Å². The van der Waals surface area contributed by atoms with Crippen molar-refractivity contribution in [3.05, 3.63) is 0 Å². The van der Waals surface area contributed by atoms with E-state index in [9.17, 15) is 4.79 Å². The molecule has 0 aliphatic rings. The zero-order valence-electron chi connectivity index (χ0n) is 9.72. The molecule has 0 bridgehead atoms. The lowest BCUT2D eigenvalue weighted by Crippen LogP contribution is -2.39. The second kappa shape index (κ2) is 7.10. The lowest BCUT2D eigenvalue weighted by molar-refractivity contribution is -0.133. The quantitative estimate of drug-likeness (QED) is 0.630. The first-order valence-corrected chi connectivity index (χ1v) is 5.91. The Hall–Kier alpha value is -0.240. The van der Waals surface area contributed by atoms with Crippen LogP contribution in [0.4, 0.5) is 0 Å². The molecule has 0 saturated heterocycles. The van der Waals surface area contributed by atoms with Crippen molar-refractivity contribution in [2.24, 2.45) is 5.92 Å². The van der Waals surface area contributed by atoms with Crippen LogP contribution in [0.1, 0.15) is 40.5 Å². The minimum Gasteiger partial charge on any atom is -0.339 e. The number of hydrogen-bond acceptors (Lipinski definition) is 1. The van der Waals surface area contributed by atoms with Gasteiger partial charge in [0, 0.05) is 24.9 Å². The van der Waals surface area contributed by atoms with E-state index in [1.54, 1.807) is 0 Å². The fourth-order valence-electron chi connectivity index (χ4n) is 1.32. The van der Waals surface area contributed by atoms with Gasteiger partial charge in [-0.3, -0.25) is 4.79 Å². The average molecular weight is 220 g/mol. The number of carbonyl (C=O) groups excluding carboxylic acids is 1. The minimum atomic E-state index is 0.231. The van der Waals surface area contributed by atoms with Crippen LogP contribution in [0.3, 0.4) is 0 Å². The van der Waals surface area contributed by atoms with Crippen molar-refractivity contribution in [1.29, 1.82) is 0 Å². The highest BCUT2D eigenvalue weighted by molar-refractivity contribution is 6.18. The van der Waals surface area contributed by atoms with Gasteiger partial charge in [0.15, 0.2) is 0 Å². The van der Waals surface area contributed by atoms with E-state index in [4.69, 9.17) is 11.6 Å². The molecule has 0 heterocycles. The highest BCUT2D eigenvalue weighted by Crippen LogP contribution is 2.11. The van der Waals surface area contributed by atoms with Crippen LogP contribution in [0, 0.1) is 5.92 Å². The molecule has 0 spiro atoms. The average Bonchev–Trinajstić information content (AvgIpc) is 2.13. The van der Waals surface area contributed by atoms with Gasteiger partial charge in [0.2, 0.25) is 5.91 Å². The van der Waals surface area contributed by atoms with Crippen molar-refractivity contribution in [1.82, 2.24) is 4.90 Å². The summed E-state index contributed by atoms with van der Waals surface area (Å²) in [7, 11) is 0. The van der Waals surface area contributed by atoms with Crippen LogP contribution >= 0.6 is 11.6 Å². The molecule has 14 heavy (non-hydrogen) atoms. The van der Waals surface area contributed by atoms with Gasteiger partial charge in [-0.05, 0) is 19.8 Å². The van der Waals surface area contributed by atoms with Gasteiger partial charge in [-0.2, -0.15) is 0 Å². The van der Waals surface area contributed by atoms with Gasteiger partial charge in [-0.1, -0.05) is 20.3 Å². The zero-order chi connectivity index (χ0) is 11.1. The summed E-state index contributed by atoms with van der Waals surface area (Å²) < 4.78 is 0. The topological polar surface area (TPSA) is 20.3 Å².